The van der Waals surface area contributed by atoms with E-state index in [4.69, 9.17) is 0 Å². The molecule has 2 N–H and O–H groups in total. The number of halogens is 2. The van der Waals surface area contributed by atoms with Gasteiger partial charge in [-0.15, -0.1) is 24.8 Å². The molecule has 2 aromatic rings. The number of nitrogens with one attached hydrogen (secondary N) is 2. The number of pyridine rings is 1. The summed E-state index contributed by atoms with van der Waals surface area (Å²) in [5.74, 6) is 2.70. The Morgan fingerprint density at radius 3 is 2.42 bits per heavy atom. The SMILES string of the molecule is Cc1nn(C)cc1-c1ccc(NC2CC3CNCC3C2)nc1.Cl.Cl. The molecule has 1 aliphatic carbocycles. The molecule has 132 valence electrons. The molecule has 3 heterocycles. The Kier molecular flexibility index (Phi) is 6.12. The van der Waals surface area contributed by atoms with Crippen LogP contribution < -0.4 is 10.6 Å². The lowest BCUT2D eigenvalue weighted by Gasteiger charge is -2.14. The molecular formula is C17H25Cl2N5. The largest absolute Gasteiger partial charge is 0.367 e. The number of rotatable bonds is 3. The molecule has 0 aromatic carbocycles. The third-order valence-corrected chi connectivity index (χ3v) is 5.09. The summed E-state index contributed by atoms with van der Waals surface area (Å²) in [6, 6.07) is 4.81. The molecular weight excluding hydrogens is 345 g/mol. The van der Waals surface area contributed by atoms with Crippen LogP contribution in [0.1, 0.15) is 18.5 Å². The predicted octanol–water partition coefficient (Wildman–Crippen LogP) is 3.04. The molecule has 7 heteroatoms. The van der Waals surface area contributed by atoms with Crippen molar-refractivity contribution >= 4 is 30.6 Å². The number of nitrogens with zero attached hydrogens (tertiary/aromatic N) is 3. The molecule has 0 bridgehead atoms. The molecule has 0 radical (unpaired) electrons. The molecule has 2 fully saturated rings. The number of hydrogen-bond donors (Lipinski definition) is 2. The summed E-state index contributed by atoms with van der Waals surface area (Å²) in [5, 5.41) is 11.5. The van der Waals surface area contributed by atoms with Crippen LogP contribution >= 0.6 is 24.8 Å². The van der Waals surface area contributed by atoms with E-state index in [1.54, 1.807) is 0 Å². The lowest BCUT2D eigenvalue weighted by molar-refractivity contribution is 0.494. The van der Waals surface area contributed by atoms with Gasteiger partial charge in [-0.2, -0.15) is 5.10 Å². The molecule has 24 heavy (non-hydrogen) atoms. The molecule has 2 aromatic heterocycles. The second kappa shape index (κ2) is 7.72. The molecule has 1 saturated heterocycles. The van der Waals surface area contributed by atoms with Gasteiger partial charge in [0.2, 0.25) is 0 Å². The van der Waals surface area contributed by atoms with Gasteiger partial charge in [-0.05, 0) is 56.8 Å². The second-order valence-electron chi connectivity index (χ2n) is 6.73. The maximum absolute atomic E-state index is 4.60. The fourth-order valence-electron chi connectivity index (χ4n) is 4.01. The Labute approximate surface area is 155 Å². The Morgan fingerprint density at radius 1 is 1.17 bits per heavy atom. The zero-order valence-corrected chi connectivity index (χ0v) is 15.7. The van der Waals surface area contributed by atoms with Crippen molar-refractivity contribution in [3.05, 3.63) is 30.2 Å². The van der Waals surface area contributed by atoms with Crippen LogP contribution in [0.4, 0.5) is 5.82 Å². The summed E-state index contributed by atoms with van der Waals surface area (Å²) in [6.07, 6.45) is 6.53. The Balaban J connectivity index is 0.00000104. The van der Waals surface area contributed by atoms with Gasteiger partial charge in [0, 0.05) is 36.6 Å². The molecule has 0 spiro atoms. The van der Waals surface area contributed by atoms with Crippen molar-refractivity contribution in [2.75, 3.05) is 18.4 Å². The topological polar surface area (TPSA) is 54.8 Å². The van der Waals surface area contributed by atoms with Crippen LogP contribution in [-0.4, -0.2) is 33.9 Å². The van der Waals surface area contributed by atoms with Gasteiger partial charge in [0.15, 0.2) is 0 Å². The van der Waals surface area contributed by atoms with Crippen LogP contribution in [0.15, 0.2) is 24.5 Å². The molecule has 2 aliphatic rings. The van der Waals surface area contributed by atoms with E-state index in [0.29, 0.717) is 6.04 Å². The van der Waals surface area contributed by atoms with E-state index < -0.39 is 0 Å². The van der Waals surface area contributed by atoms with E-state index in [2.05, 4.69) is 32.8 Å². The molecule has 2 unspecified atom stereocenters. The summed E-state index contributed by atoms with van der Waals surface area (Å²) >= 11 is 0. The van der Waals surface area contributed by atoms with E-state index in [1.807, 2.05) is 31.0 Å². The number of fused-ring (bicyclic) bond motifs is 1. The third-order valence-electron chi connectivity index (χ3n) is 5.09. The van der Waals surface area contributed by atoms with Crippen molar-refractivity contribution < 1.29 is 0 Å². The van der Waals surface area contributed by atoms with Crippen molar-refractivity contribution in [2.45, 2.75) is 25.8 Å². The smallest absolute Gasteiger partial charge is 0.126 e. The van der Waals surface area contributed by atoms with Gasteiger partial charge in [0.1, 0.15) is 5.82 Å². The minimum absolute atomic E-state index is 0. The first-order valence-corrected chi connectivity index (χ1v) is 8.13. The van der Waals surface area contributed by atoms with E-state index in [1.165, 1.54) is 25.9 Å². The highest BCUT2D eigenvalue weighted by molar-refractivity contribution is 5.85. The van der Waals surface area contributed by atoms with Gasteiger partial charge in [0.05, 0.1) is 5.69 Å². The van der Waals surface area contributed by atoms with E-state index in [-0.39, 0.29) is 24.8 Å². The summed E-state index contributed by atoms with van der Waals surface area (Å²) in [4.78, 5) is 4.60. The summed E-state index contributed by atoms with van der Waals surface area (Å²) < 4.78 is 1.85. The van der Waals surface area contributed by atoms with E-state index in [0.717, 1.165) is 34.5 Å². The lowest BCUT2D eigenvalue weighted by atomic mass is 10.0. The van der Waals surface area contributed by atoms with Crippen LogP contribution in [0.5, 0.6) is 0 Å². The average molecular weight is 370 g/mol. The number of aromatic nitrogens is 3. The van der Waals surface area contributed by atoms with Crippen molar-refractivity contribution in [3.63, 3.8) is 0 Å². The van der Waals surface area contributed by atoms with Crippen molar-refractivity contribution in [3.8, 4) is 11.1 Å². The normalized spacial score (nSPS) is 24.8. The maximum atomic E-state index is 4.60. The van der Waals surface area contributed by atoms with Crippen LogP contribution in [0.25, 0.3) is 11.1 Å². The fourth-order valence-corrected chi connectivity index (χ4v) is 4.01. The zero-order valence-electron chi connectivity index (χ0n) is 14.0. The predicted molar refractivity (Wildman–Crippen MR) is 102 cm³/mol. The van der Waals surface area contributed by atoms with E-state index >= 15 is 0 Å². The minimum Gasteiger partial charge on any atom is -0.367 e. The third kappa shape index (κ3) is 3.68. The molecule has 0 amide bonds. The van der Waals surface area contributed by atoms with Crippen LogP contribution in [0.2, 0.25) is 0 Å². The van der Waals surface area contributed by atoms with Gasteiger partial charge in [-0.1, -0.05) is 0 Å². The first kappa shape index (κ1) is 19.0. The number of anilines is 1. The first-order valence-electron chi connectivity index (χ1n) is 8.13. The Bertz CT molecular complexity index is 658. The molecule has 5 nitrogen and oxygen atoms in total. The fraction of sp³-hybridized carbons (Fsp3) is 0.529. The molecule has 1 saturated carbocycles. The van der Waals surface area contributed by atoms with Crippen LogP contribution in [0, 0.1) is 18.8 Å². The van der Waals surface area contributed by atoms with Gasteiger partial charge in [-0.3, -0.25) is 4.68 Å². The lowest BCUT2D eigenvalue weighted by Crippen LogP contribution is -2.20. The minimum atomic E-state index is 0. The van der Waals surface area contributed by atoms with Crippen LogP contribution in [-0.2, 0) is 7.05 Å². The molecule has 2 atom stereocenters. The first-order chi connectivity index (χ1) is 10.7. The maximum Gasteiger partial charge on any atom is 0.126 e. The van der Waals surface area contributed by atoms with Gasteiger partial charge < -0.3 is 10.6 Å². The summed E-state index contributed by atoms with van der Waals surface area (Å²) in [7, 11) is 1.95. The number of hydrogen-bond acceptors (Lipinski definition) is 4. The average Bonchev–Trinajstić information content (AvgIpc) is 3.15. The van der Waals surface area contributed by atoms with E-state index in [9.17, 15) is 0 Å². The van der Waals surface area contributed by atoms with Gasteiger partial charge >= 0.3 is 0 Å². The highest BCUT2D eigenvalue weighted by Gasteiger charge is 2.37. The van der Waals surface area contributed by atoms with Crippen LogP contribution in [0.3, 0.4) is 0 Å². The quantitative estimate of drug-likeness (QED) is 0.872. The number of aryl methyl sites for hydroxylation is 2. The molecule has 4 rings (SSSR count). The van der Waals surface area contributed by atoms with Crippen molar-refractivity contribution in [1.82, 2.24) is 20.1 Å². The monoisotopic (exact) mass is 369 g/mol. The Morgan fingerprint density at radius 2 is 1.88 bits per heavy atom. The second-order valence-corrected chi connectivity index (χ2v) is 6.73. The summed E-state index contributed by atoms with van der Waals surface area (Å²) in [5.41, 5.74) is 3.33. The Hall–Kier alpha value is -1.30. The zero-order chi connectivity index (χ0) is 15.1. The van der Waals surface area contributed by atoms with Gasteiger partial charge in [0.25, 0.3) is 0 Å². The van der Waals surface area contributed by atoms with Crippen molar-refractivity contribution in [1.29, 1.82) is 0 Å². The van der Waals surface area contributed by atoms with Gasteiger partial charge in [-0.25, -0.2) is 4.98 Å². The highest BCUT2D eigenvalue weighted by Crippen LogP contribution is 2.35. The standard InChI is InChI=1S/C17H23N5.2ClH/c1-11-16(10-22(2)21-11)12-3-4-17(19-9-12)20-15-5-13-7-18-8-14(13)6-15;;/h3-4,9-10,13-15,18H,5-8H2,1-2H3,(H,19,20);2*1H. The summed E-state index contributed by atoms with van der Waals surface area (Å²) in [6.45, 7) is 4.41. The molecule has 1 aliphatic heterocycles. The highest BCUT2D eigenvalue weighted by atomic mass is 35.5. The van der Waals surface area contributed by atoms with Crippen molar-refractivity contribution in [2.24, 2.45) is 18.9 Å².